The minimum atomic E-state index is 0.799. The Hall–Kier alpha value is -1.75. The molecule has 0 aromatic carbocycles. The Morgan fingerprint density at radius 2 is 1.88 bits per heavy atom. The maximum Gasteiger partial charge on any atom is 0.162 e. The Kier molecular flexibility index (Phi) is 2.18. The fourth-order valence-electron chi connectivity index (χ4n) is 1.58. The molecule has 0 aliphatic carbocycles. The third-order valence-electron chi connectivity index (χ3n) is 2.31. The molecule has 0 amide bonds. The first-order valence-electron chi connectivity index (χ1n) is 4.76. The molecule has 0 saturated heterocycles. The van der Waals surface area contributed by atoms with Crippen LogP contribution in [0.4, 0.5) is 0 Å². The van der Waals surface area contributed by atoms with E-state index in [0.717, 1.165) is 21.5 Å². The highest BCUT2D eigenvalue weighted by Gasteiger charge is 2.10. The van der Waals surface area contributed by atoms with Crippen molar-refractivity contribution in [3.05, 3.63) is 47.5 Å². The molecular weight excluding hydrogens is 268 g/mol. The highest BCUT2D eigenvalue weighted by atomic mass is 79.9. The molecular formula is C11H7BrN4. The SMILES string of the molecule is Brc1nc(-c2ccncc2)n2ncccc12. The zero-order chi connectivity index (χ0) is 11.0. The third-order valence-corrected chi connectivity index (χ3v) is 2.89. The van der Waals surface area contributed by atoms with Crippen LogP contribution in [0.3, 0.4) is 0 Å². The van der Waals surface area contributed by atoms with Crippen molar-refractivity contribution in [2.75, 3.05) is 0 Å². The lowest BCUT2D eigenvalue weighted by Crippen LogP contribution is -1.93. The van der Waals surface area contributed by atoms with Gasteiger partial charge in [0, 0.05) is 24.2 Å². The van der Waals surface area contributed by atoms with Gasteiger partial charge in [-0.1, -0.05) is 0 Å². The van der Waals surface area contributed by atoms with Crippen molar-refractivity contribution in [2.24, 2.45) is 0 Å². The maximum absolute atomic E-state index is 4.45. The summed E-state index contributed by atoms with van der Waals surface area (Å²) in [6.07, 6.45) is 5.23. The molecule has 0 saturated carbocycles. The van der Waals surface area contributed by atoms with Crippen LogP contribution in [0.5, 0.6) is 0 Å². The summed E-state index contributed by atoms with van der Waals surface area (Å²) in [4.78, 5) is 8.44. The Balaban J connectivity index is 2.33. The number of hydrogen-bond donors (Lipinski definition) is 0. The summed E-state index contributed by atoms with van der Waals surface area (Å²) >= 11 is 3.43. The monoisotopic (exact) mass is 274 g/mol. The quantitative estimate of drug-likeness (QED) is 0.685. The summed E-state index contributed by atoms with van der Waals surface area (Å²) in [5, 5.41) is 4.28. The molecule has 16 heavy (non-hydrogen) atoms. The second kappa shape index (κ2) is 3.68. The van der Waals surface area contributed by atoms with Gasteiger partial charge >= 0.3 is 0 Å². The highest BCUT2D eigenvalue weighted by molar-refractivity contribution is 9.10. The third kappa shape index (κ3) is 1.40. The van der Waals surface area contributed by atoms with Crippen LogP contribution in [0, 0.1) is 0 Å². The summed E-state index contributed by atoms with van der Waals surface area (Å²) in [5.74, 6) is 0.810. The minimum Gasteiger partial charge on any atom is -0.265 e. The molecule has 78 valence electrons. The number of halogens is 1. The number of fused-ring (bicyclic) bond motifs is 1. The Morgan fingerprint density at radius 1 is 1.06 bits per heavy atom. The lowest BCUT2D eigenvalue weighted by molar-refractivity contribution is 0.935. The van der Waals surface area contributed by atoms with Crippen molar-refractivity contribution in [1.29, 1.82) is 0 Å². The first kappa shape index (κ1) is 9.47. The molecule has 0 radical (unpaired) electrons. The van der Waals surface area contributed by atoms with Crippen molar-refractivity contribution in [3.8, 4) is 11.4 Å². The summed E-state index contributed by atoms with van der Waals surface area (Å²) < 4.78 is 2.60. The maximum atomic E-state index is 4.45. The lowest BCUT2D eigenvalue weighted by atomic mass is 10.2. The molecule has 3 aromatic rings. The van der Waals surface area contributed by atoms with E-state index in [1.807, 2.05) is 24.3 Å². The van der Waals surface area contributed by atoms with E-state index < -0.39 is 0 Å². The predicted octanol–water partition coefficient (Wildman–Crippen LogP) is 2.55. The van der Waals surface area contributed by atoms with E-state index in [-0.39, 0.29) is 0 Å². The second-order valence-corrected chi connectivity index (χ2v) is 4.03. The van der Waals surface area contributed by atoms with Gasteiger partial charge in [-0.2, -0.15) is 5.10 Å². The van der Waals surface area contributed by atoms with Crippen LogP contribution < -0.4 is 0 Å². The van der Waals surface area contributed by atoms with Crippen LogP contribution in [-0.4, -0.2) is 19.6 Å². The van der Waals surface area contributed by atoms with Gasteiger partial charge in [0.1, 0.15) is 4.60 Å². The minimum absolute atomic E-state index is 0.799. The second-order valence-electron chi connectivity index (χ2n) is 3.28. The Morgan fingerprint density at radius 3 is 2.69 bits per heavy atom. The van der Waals surface area contributed by atoms with E-state index >= 15 is 0 Å². The molecule has 0 aliphatic rings. The van der Waals surface area contributed by atoms with Gasteiger partial charge < -0.3 is 0 Å². The van der Waals surface area contributed by atoms with Gasteiger partial charge in [-0.15, -0.1) is 0 Å². The van der Waals surface area contributed by atoms with Crippen molar-refractivity contribution < 1.29 is 0 Å². The van der Waals surface area contributed by atoms with Crippen LogP contribution in [0.25, 0.3) is 16.9 Å². The summed E-state index contributed by atoms with van der Waals surface area (Å²) in [6.45, 7) is 0. The largest absolute Gasteiger partial charge is 0.265 e. The smallest absolute Gasteiger partial charge is 0.162 e. The fourth-order valence-corrected chi connectivity index (χ4v) is 2.05. The van der Waals surface area contributed by atoms with Crippen LogP contribution in [0.2, 0.25) is 0 Å². The first-order chi connectivity index (χ1) is 7.86. The average Bonchev–Trinajstić information content (AvgIpc) is 2.69. The number of aromatic nitrogens is 4. The van der Waals surface area contributed by atoms with Crippen molar-refractivity contribution >= 4 is 21.4 Å². The molecule has 0 unspecified atom stereocenters. The lowest BCUT2D eigenvalue weighted by Gasteiger charge is -1.98. The molecule has 0 atom stereocenters. The van der Waals surface area contributed by atoms with Gasteiger partial charge in [-0.05, 0) is 40.2 Å². The first-order valence-corrected chi connectivity index (χ1v) is 5.55. The Bertz CT molecular complexity index is 633. The normalized spacial score (nSPS) is 10.8. The van der Waals surface area contributed by atoms with Gasteiger partial charge in [0.15, 0.2) is 5.82 Å². The van der Waals surface area contributed by atoms with Crippen molar-refractivity contribution in [2.45, 2.75) is 0 Å². The Labute approximate surface area is 100 Å². The van der Waals surface area contributed by atoms with Crippen molar-refractivity contribution in [1.82, 2.24) is 19.6 Å². The number of hydrogen-bond acceptors (Lipinski definition) is 3. The molecule has 0 fully saturated rings. The van der Waals surface area contributed by atoms with E-state index in [1.165, 1.54) is 0 Å². The van der Waals surface area contributed by atoms with E-state index in [2.05, 4.69) is 31.0 Å². The zero-order valence-electron chi connectivity index (χ0n) is 8.21. The van der Waals surface area contributed by atoms with Gasteiger partial charge in [-0.25, -0.2) is 9.50 Å². The van der Waals surface area contributed by atoms with Gasteiger partial charge in [-0.3, -0.25) is 4.98 Å². The van der Waals surface area contributed by atoms with E-state index in [0.29, 0.717) is 0 Å². The van der Waals surface area contributed by atoms with Crippen LogP contribution >= 0.6 is 15.9 Å². The topological polar surface area (TPSA) is 43.1 Å². The zero-order valence-corrected chi connectivity index (χ0v) is 9.79. The fraction of sp³-hybridized carbons (Fsp3) is 0. The van der Waals surface area contributed by atoms with E-state index in [9.17, 15) is 0 Å². The molecule has 3 rings (SSSR count). The molecule has 0 N–H and O–H groups in total. The molecule has 5 heteroatoms. The molecule has 0 bridgehead atoms. The standard InChI is InChI=1S/C11H7BrN4/c12-10-9-2-1-5-14-16(9)11(15-10)8-3-6-13-7-4-8/h1-7H. The van der Waals surface area contributed by atoms with Gasteiger partial charge in [0.25, 0.3) is 0 Å². The number of nitrogens with zero attached hydrogens (tertiary/aromatic N) is 4. The highest BCUT2D eigenvalue weighted by Crippen LogP contribution is 2.24. The molecule has 0 spiro atoms. The van der Waals surface area contributed by atoms with Gasteiger partial charge in [0.2, 0.25) is 0 Å². The molecule has 3 aromatic heterocycles. The summed E-state index contributed by atoms with van der Waals surface area (Å²) in [5.41, 5.74) is 1.95. The summed E-state index contributed by atoms with van der Waals surface area (Å²) in [6, 6.07) is 7.68. The summed E-state index contributed by atoms with van der Waals surface area (Å²) in [7, 11) is 0. The number of rotatable bonds is 1. The van der Waals surface area contributed by atoms with E-state index in [4.69, 9.17) is 0 Å². The van der Waals surface area contributed by atoms with Crippen LogP contribution in [0.15, 0.2) is 47.5 Å². The molecule has 0 aliphatic heterocycles. The van der Waals surface area contributed by atoms with E-state index in [1.54, 1.807) is 23.1 Å². The van der Waals surface area contributed by atoms with Crippen LogP contribution in [0.1, 0.15) is 0 Å². The number of pyridine rings is 1. The van der Waals surface area contributed by atoms with Gasteiger partial charge in [0.05, 0.1) is 5.52 Å². The molecule has 4 nitrogen and oxygen atoms in total. The van der Waals surface area contributed by atoms with Crippen molar-refractivity contribution in [3.63, 3.8) is 0 Å². The number of imidazole rings is 1. The van der Waals surface area contributed by atoms with Crippen LogP contribution in [-0.2, 0) is 0 Å². The predicted molar refractivity (Wildman–Crippen MR) is 63.9 cm³/mol. The molecule has 3 heterocycles. The average molecular weight is 275 g/mol.